The van der Waals surface area contributed by atoms with Gasteiger partial charge in [0, 0.05) is 18.3 Å². The van der Waals surface area contributed by atoms with E-state index in [-0.39, 0.29) is 18.3 Å². The Bertz CT molecular complexity index is 976. The van der Waals surface area contributed by atoms with Crippen LogP contribution in [0.25, 0.3) is 0 Å². The number of quaternary nitrogens is 1. The van der Waals surface area contributed by atoms with Gasteiger partial charge in [0.1, 0.15) is 18.2 Å². The maximum absolute atomic E-state index is 12.4. The van der Waals surface area contributed by atoms with Crippen molar-refractivity contribution in [1.29, 1.82) is 5.26 Å². The highest BCUT2D eigenvalue weighted by atomic mass is 16.7. The number of nitriles is 1. The van der Waals surface area contributed by atoms with Crippen LogP contribution in [-0.2, 0) is 17.8 Å². The van der Waals surface area contributed by atoms with Crippen LogP contribution in [0, 0.1) is 11.3 Å². The summed E-state index contributed by atoms with van der Waals surface area (Å²) in [4.78, 5) is 15.9. The summed E-state index contributed by atoms with van der Waals surface area (Å²) in [5.74, 6) is 1.31. The van der Waals surface area contributed by atoms with Gasteiger partial charge in [0.2, 0.25) is 6.79 Å². The number of nitrogens with zero attached hydrogens (tertiary/aromatic N) is 2. The van der Waals surface area contributed by atoms with Crippen molar-refractivity contribution in [2.75, 3.05) is 39.5 Å². The summed E-state index contributed by atoms with van der Waals surface area (Å²) in [5, 5.41) is 12.3. The van der Waals surface area contributed by atoms with Gasteiger partial charge >= 0.3 is 0 Å². The Morgan fingerprint density at radius 1 is 1.10 bits per heavy atom. The molecule has 0 atom stereocenters. The van der Waals surface area contributed by atoms with E-state index in [9.17, 15) is 10.1 Å². The molecule has 2 aromatic rings. The summed E-state index contributed by atoms with van der Waals surface area (Å²) in [6.07, 6.45) is 2.45. The van der Waals surface area contributed by atoms with Crippen molar-refractivity contribution >= 4 is 5.91 Å². The Kier molecular flexibility index (Phi) is 6.70. The number of nitrogens with one attached hydrogen (secondary N) is 2. The molecule has 1 amide bonds. The van der Waals surface area contributed by atoms with Gasteiger partial charge in [0.25, 0.3) is 5.91 Å². The number of carbonyl (C=O) groups is 1. The van der Waals surface area contributed by atoms with E-state index in [0.29, 0.717) is 6.54 Å². The molecule has 0 aromatic heterocycles. The molecule has 2 aromatic carbocycles. The molecule has 160 valence electrons. The Morgan fingerprint density at radius 2 is 1.87 bits per heavy atom. The lowest BCUT2D eigenvalue weighted by Crippen LogP contribution is -3.13. The third kappa shape index (κ3) is 5.56. The summed E-state index contributed by atoms with van der Waals surface area (Å²) < 4.78 is 10.8. The van der Waals surface area contributed by atoms with E-state index in [2.05, 4.69) is 22.3 Å². The zero-order chi connectivity index (χ0) is 21.5. The lowest BCUT2D eigenvalue weighted by molar-refractivity contribution is -0.917. The quantitative estimate of drug-likeness (QED) is 0.515. The zero-order valence-electron chi connectivity index (χ0n) is 17.5. The summed E-state index contributed by atoms with van der Waals surface area (Å²) in [6, 6.07) is 18.1. The van der Waals surface area contributed by atoms with Gasteiger partial charge in [0.05, 0.1) is 26.2 Å². The highest BCUT2D eigenvalue weighted by Gasteiger charge is 2.21. The van der Waals surface area contributed by atoms with Gasteiger partial charge in [-0.25, -0.2) is 0 Å². The fourth-order valence-corrected chi connectivity index (χ4v) is 3.87. The molecule has 1 saturated heterocycles. The number of fused-ring (bicyclic) bond motifs is 1. The zero-order valence-corrected chi connectivity index (χ0v) is 17.5. The molecular formula is C24H27N4O3+. The minimum absolute atomic E-state index is 0.160. The second-order valence-corrected chi connectivity index (χ2v) is 7.80. The average Bonchev–Trinajstić information content (AvgIpc) is 3.27. The maximum atomic E-state index is 12.4. The standard InChI is InChI=1S/C24H26N4O3/c25-15-21(24(29)26-9-8-19-4-2-1-3-5-19)17-28-12-10-27(11-13-28)16-20-6-7-22-23(14-20)31-18-30-22/h1-7,14,17H,8-13,16,18H2,(H,26,29)/p+1/b21-17+. The first-order chi connectivity index (χ1) is 15.2. The van der Waals surface area contributed by atoms with Crippen LogP contribution in [0.3, 0.4) is 0 Å². The third-order valence-electron chi connectivity index (χ3n) is 5.62. The summed E-state index contributed by atoms with van der Waals surface area (Å²) in [5.41, 5.74) is 2.54. The highest BCUT2D eigenvalue weighted by molar-refractivity contribution is 5.97. The monoisotopic (exact) mass is 419 g/mol. The van der Waals surface area contributed by atoms with Gasteiger partial charge in [-0.2, -0.15) is 5.26 Å². The first-order valence-corrected chi connectivity index (χ1v) is 10.6. The van der Waals surface area contributed by atoms with Crippen LogP contribution in [0.4, 0.5) is 0 Å². The van der Waals surface area contributed by atoms with Crippen molar-refractivity contribution in [3.8, 4) is 17.6 Å². The molecule has 7 heteroatoms. The summed E-state index contributed by atoms with van der Waals surface area (Å²) in [7, 11) is 0. The van der Waals surface area contributed by atoms with E-state index in [1.165, 1.54) is 10.5 Å². The Labute approximate surface area is 182 Å². The Balaban J connectivity index is 1.24. The topological polar surface area (TPSA) is 79.0 Å². The number of benzene rings is 2. The van der Waals surface area contributed by atoms with Crippen LogP contribution in [-0.4, -0.2) is 50.3 Å². The lowest BCUT2D eigenvalue weighted by atomic mass is 10.1. The summed E-state index contributed by atoms with van der Waals surface area (Å²) >= 11 is 0. The number of rotatable bonds is 7. The van der Waals surface area contributed by atoms with E-state index in [1.807, 2.05) is 42.5 Å². The first-order valence-electron chi connectivity index (χ1n) is 10.6. The van der Waals surface area contributed by atoms with Crippen molar-refractivity contribution in [3.05, 3.63) is 71.4 Å². The molecule has 2 heterocycles. The molecule has 0 radical (unpaired) electrons. The van der Waals surface area contributed by atoms with E-state index < -0.39 is 0 Å². The van der Waals surface area contributed by atoms with Gasteiger partial charge in [-0.3, -0.25) is 4.79 Å². The van der Waals surface area contributed by atoms with E-state index >= 15 is 0 Å². The van der Waals surface area contributed by atoms with Gasteiger partial charge in [-0.1, -0.05) is 30.3 Å². The van der Waals surface area contributed by atoms with Gasteiger partial charge in [-0.05, 0) is 30.2 Å². The Hall–Kier alpha value is -3.50. The molecular weight excluding hydrogens is 392 g/mol. The molecule has 0 saturated carbocycles. The number of hydrogen-bond acceptors (Lipinski definition) is 5. The molecule has 31 heavy (non-hydrogen) atoms. The van der Waals surface area contributed by atoms with Crippen molar-refractivity contribution in [3.63, 3.8) is 0 Å². The maximum Gasteiger partial charge on any atom is 0.263 e. The molecule has 4 rings (SSSR count). The summed E-state index contributed by atoms with van der Waals surface area (Å²) in [6.45, 7) is 5.22. The normalized spacial score (nSPS) is 16.1. The van der Waals surface area contributed by atoms with Crippen LogP contribution >= 0.6 is 0 Å². The molecule has 0 aliphatic carbocycles. The van der Waals surface area contributed by atoms with Crippen LogP contribution in [0.15, 0.2) is 60.3 Å². The molecule has 2 N–H and O–H groups in total. The predicted molar refractivity (Wildman–Crippen MR) is 115 cm³/mol. The SMILES string of the molecule is N#C/C(=C\N1CC[NH+](Cc2ccc3c(c2)OCO3)CC1)C(=O)NCCc1ccccc1. The number of amides is 1. The number of piperazine rings is 1. The second kappa shape index (κ2) is 10.0. The van der Waals surface area contributed by atoms with Crippen LogP contribution in [0.2, 0.25) is 0 Å². The van der Waals surface area contributed by atoms with Gasteiger partial charge < -0.3 is 24.6 Å². The molecule has 0 spiro atoms. The fraction of sp³-hybridized carbons (Fsp3) is 0.333. The number of carbonyl (C=O) groups excluding carboxylic acids is 1. The van der Waals surface area contributed by atoms with Crippen LogP contribution < -0.4 is 19.7 Å². The Morgan fingerprint density at radius 3 is 2.65 bits per heavy atom. The van der Waals surface area contributed by atoms with Crippen LogP contribution in [0.5, 0.6) is 11.5 Å². The molecule has 0 bridgehead atoms. The van der Waals surface area contributed by atoms with Crippen molar-refractivity contribution in [2.45, 2.75) is 13.0 Å². The third-order valence-corrected chi connectivity index (χ3v) is 5.62. The van der Waals surface area contributed by atoms with E-state index in [0.717, 1.165) is 56.2 Å². The molecule has 2 aliphatic rings. The van der Waals surface area contributed by atoms with Crippen LogP contribution in [0.1, 0.15) is 11.1 Å². The van der Waals surface area contributed by atoms with Gasteiger partial charge in [-0.15, -0.1) is 0 Å². The van der Waals surface area contributed by atoms with Gasteiger partial charge in [0.15, 0.2) is 11.5 Å². The molecule has 2 aliphatic heterocycles. The highest BCUT2D eigenvalue weighted by Crippen LogP contribution is 2.32. The smallest absolute Gasteiger partial charge is 0.263 e. The average molecular weight is 420 g/mol. The largest absolute Gasteiger partial charge is 0.454 e. The van der Waals surface area contributed by atoms with E-state index in [4.69, 9.17) is 9.47 Å². The minimum Gasteiger partial charge on any atom is -0.454 e. The lowest BCUT2D eigenvalue weighted by Gasteiger charge is -2.31. The molecule has 1 fully saturated rings. The van der Waals surface area contributed by atoms with Crippen molar-refractivity contribution < 1.29 is 19.2 Å². The van der Waals surface area contributed by atoms with E-state index in [1.54, 1.807) is 6.20 Å². The van der Waals surface area contributed by atoms with Crippen molar-refractivity contribution in [1.82, 2.24) is 10.2 Å². The molecule has 0 unspecified atom stereocenters. The minimum atomic E-state index is -0.312. The number of hydrogen-bond donors (Lipinski definition) is 2. The predicted octanol–water partition coefficient (Wildman–Crippen LogP) is 0.882. The molecule has 7 nitrogen and oxygen atoms in total. The van der Waals surface area contributed by atoms with Crippen molar-refractivity contribution in [2.24, 2.45) is 0 Å². The fourth-order valence-electron chi connectivity index (χ4n) is 3.87. The number of ether oxygens (including phenoxy) is 2. The first kappa shape index (κ1) is 20.8. The second-order valence-electron chi connectivity index (χ2n) is 7.80.